The maximum atomic E-state index is 14.7. The minimum absolute atomic E-state index is 0.0309. The SMILES string of the molecule is Cc1c(CO)n(C(C)C)c2cc(-c3nc(N[C@@H]4CCOC[C@H]4O)ncc3F)ccc2c1=O. The molecule has 1 saturated heterocycles. The van der Waals surface area contributed by atoms with E-state index in [1.165, 1.54) is 0 Å². The molecule has 9 heteroatoms. The molecule has 1 fully saturated rings. The number of pyridine rings is 1. The Kier molecular flexibility index (Phi) is 6.23. The lowest BCUT2D eigenvalue weighted by molar-refractivity contribution is -0.0136. The summed E-state index contributed by atoms with van der Waals surface area (Å²) in [6, 6.07) is 4.71. The number of nitrogens with zero attached hydrogens (tertiary/aromatic N) is 3. The molecule has 170 valence electrons. The van der Waals surface area contributed by atoms with E-state index < -0.39 is 11.9 Å². The number of anilines is 1. The third-order valence-corrected chi connectivity index (χ3v) is 5.89. The van der Waals surface area contributed by atoms with E-state index >= 15 is 0 Å². The zero-order chi connectivity index (χ0) is 23.0. The highest BCUT2D eigenvalue weighted by atomic mass is 19.1. The van der Waals surface area contributed by atoms with Crippen molar-refractivity contribution in [2.24, 2.45) is 0 Å². The van der Waals surface area contributed by atoms with Crippen LogP contribution in [0.25, 0.3) is 22.2 Å². The summed E-state index contributed by atoms with van der Waals surface area (Å²) in [5, 5.41) is 23.6. The van der Waals surface area contributed by atoms with Crippen molar-refractivity contribution >= 4 is 16.9 Å². The summed E-state index contributed by atoms with van der Waals surface area (Å²) in [6.45, 7) is 6.07. The molecule has 1 aromatic carbocycles. The Morgan fingerprint density at radius 3 is 2.84 bits per heavy atom. The number of aliphatic hydroxyl groups excluding tert-OH is 2. The van der Waals surface area contributed by atoms with Crippen molar-refractivity contribution in [2.75, 3.05) is 18.5 Å². The number of benzene rings is 1. The highest BCUT2D eigenvalue weighted by Crippen LogP contribution is 2.28. The maximum absolute atomic E-state index is 14.7. The first-order valence-electron chi connectivity index (χ1n) is 10.7. The molecule has 3 aromatic rings. The van der Waals surface area contributed by atoms with E-state index in [2.05, 4.69) is 15.3 Å². The van der Waals surface area contributed by atoms with E-state index in [1.54, 1.807) is 25.1 Å². The molecule has 0 aliphatic carbocycles. The second-order valence-corrected chi connectivity index (χ2v) is 8.33. The van der Waals surface area contributed by atoms with Crippen LogP contribution in [0.4, 0.5) is 10.3 Å². The van der Waals surface area contributed by atoms with Gasteiger partial charge in [0.15, 0.2) is 11.2 Å². The molecule has 1 aliphatic heterocycles. The standard InChI is InChI=1S/C23H27FN4O4/c1-12(2)28-18-8-14(4-5-15(18)22(31)13(3)19(28)10-29)21-16(24)9-25-23(27-21)26-17-6-7-32-11-20(17)30/h4-5,8-9,12,17,20,29-30H,6-7,10-11H2,1-3H3,(H,25,26,27)/t17-,20-/m1/s1. The van der Waals surface area contributed by atoms with Gasteiger partial charge in [-0.05, 0) is 39.3 Å². The number of rotatable bonds is 5. The molecule has 3 heterocycles. The smallest absolute Gasteiger partial charge is 0.223 e. The minimum atomic E-state index is -0.706. The Morgan fingerprint density at radius 1 is 1.38 bits per heavy atom. The number of aromatic nitrogens is 3. The van der Waals surface area contributed by atoms with Gasteiger partial charge in [0.25, 0.3) is 0 Å². The van der Waals surface area contributed by atoms with Gasteiger partial charge in [0, 0.05) is 29.2 Å². The fraction of sp³-hybridized carbons (Fsp3) is 0.435. The van der Waals surface area contributed by atoms with Crippen LogP contribution in [0.3, 0.4) is 0 Å². The van der Waals surface area contributed by atoms with E-state index in [0.717, 1.165) is 6.20 Å². The van der Waals surface area contributed by atoms with Crippen molar-refractivity contribution in [3.8, 4) is 11.3 Å². The molecule has 8 nitrogen and oxygen atoms in total. The zero-order valence-corrected chi connectivity index (χ0v) is 18.3. The van der Waals surface area contributed by atoms with Crippen molar-refractivity contribution in [3.05, 3.63) is 51.7 Å². The molecule has 4 rings (SSSR count). The second kappa shape index (κ2) is 8.93. The predicted molar refractivity (Wildman–Crippen MR) is 119 cm³/mol. The van der Waals surface area contributed by atoms with Crippen molar-refractivity contribution in [1.82, 2.24) is 14.5 Å². The summed E-state index contributed by atoms with van der Waals surface area (Å²) < 4.78 is 21.9. The first kappa shape index (κ1) is 22.3. The number of fused-ring (bicyclic) bond motifs is 1. The first-order chi connectivity index (χ1) is 15.3. The van der Waals surface area contributed by atoms with E-state index in [9.17, 15) is 19.4 Å². The monoisotopic (exact) mass is 442 g/mol. The van der Waals surface area contributed by atoms with Crippen molar-refractivity contribution < 1.29 is 19.3 Å². The van der Waals surface area contributed by atoms with Gasteiger partial charge in [0.05, 0.1) is 42.8 Å². The predicted octanol–water partition coefficient (Wildman–Crippen LogP) is 2.54. The molecule has 0 spiro atoms. The van der Waals surface area contributed by atoms with Gasteiger partial charge in [0.2, 0.25) is 5.95 Å². The summed E-state index contributed by atoms with van der Waals surface area (Å²) in [6.07, 6.45) is 0.962. The average molecular weight is 442 g/mol. The molecule has 0 unspecified atom stereocenters. The van der Waals surface area contributed by atoms with Gasteiger partial charge in [-0.25, -0.2) is 14.4 Å². The van der Waals surface area contributed by atoms with E-state index in [4.69, 9.17) is 4.74 Å². The summed E-state index contributed by atoms with van der Waals surface area (Å²) in [5.74, 6) is -0.399. The zero-order valence-electron chi connectivity index (χ0n) is 18.3. The van der Waals surface area contributed by atoms with Crippen LogP contribution < -0.4 is 10.7 Å². The Bertz CT molecular complexity index is 1210. The number of halogens is 1. The Labute approximate surface area is 184 Å². The summed E-state index contributed by atoms with van der Waals surface area (Å²) >= 11 is 0. The molecule has 0 bridgehead atoms. The molecule has 0 radical (unpaired) electrons. The molecule has 32 heavy (non-hydrogen) atoms. The van der Waals surface area contributed by atoms with Gasteiger partial charge in [0.1, 0.15) is 5.69 Å². The van der Waals surface area contributed by atoms with Crippen LogP contribution in [0.2, 0.25) is 0 Å². The quantitative estimate of drug-likeness (QED) is 0.557. The van der Waals surface area contributed by atoms with E-state index in [-0.39, 0.29) is 42.4 Å². The third-order valence-electron chi connectivity index (χ3n) is 5.89. The Hall–Kier alpha value is -2.88. The minimum Gasteiger partial charge on any atom is -0.390 e. The summed E-state index contributed by atoms with van der Waals surface area (Å²) in [4.78, 5) is 21.2. The summed E-state index contributed by atoms with van der Waals surface area (Å²) in [5.41, 5.74) is 2.04. The van der Waals surface area contributed by atoms with Gasteiger partial charge in [-0.3, -0.25) is 4.79 Å². The molecule has 3 N–H and O–H groups in total. The molecule has 1 aliphatic rings. The fourth-order valence-corrected chi connectivity index (χ4v) is 4.21. The molecule has 0 saturated carbocycles. The van der Waals surface area contributed by atoms with Crippen LogP contribution in [0.1, 0.15) is 37.6 Å². The van der Waals surface area contributed by atoms with Crippen molar-refractivity contribution in [3.63, 3.8) is 0 Å². The van der Waals surface area contributed by atoms with Gasteiger partial charge in [-0.2, -0.15) is 0 Å². The lowest BCUT2D eigenvalue weighted by Crippen LogP contribution is -2.42. The molecular weight excluding hydrogens is 415 g/mol. The molecule has 0 amide bonds. The highest BCUT2D eigenvalue weighted by molar-refractivity contribution is 5.85. The van der Waals surface area contributed by atoms with Gasteiger partial charge >= 0.3 is 0 Å². The maximum Gasteiger partial charge on any atom is 0.223 e. The van der Waals surface area contributed by atoms with Crippen molar-refractivity contribution in [2.45, 2.75) is 52.0 Å². The van der Waals surface area contributed by atoms with Gasteiger partial charge in [-0.15, -0.1) is 0 Å². The lowest BCUT2D eigenvalue weighted by Gasteiger charge is -2.28. The van der Waals surface area contributed by atoms with E-state index in [1.807, 2.05) is 18.4 Å². The Morgan fingerprint density at radius 2 is 2.16 bits per heavy atom. The summed E-state index contributed by atoms with van der Waals surface area (Å²) in [7, 11) is 0. The van der Waals surface area contributed by atoms with Crippen LogP contribution in [-0.4, -0.2) is 50.1 Å². The highest BCUT2D eigenvalue weighted by Gasteiger charge is 2.25. The topological polar surface area (TPSA) is 110 Å². The largest absolute Gasteiger partial charge is 0.390 e. The lowest BCUT2D eigenvalue weighted by atomic mass is 10.0. The number of hydrogen-bond donors (Lipinski definition) is 3. The third kappa shape index (κ3) is 3.99. The average Bonchev–Trinajstić information content (AvgIpc) is 2.78. The van der Waals surface area contributed by atoms with Crippen LogP contribution in [-0.2, 0) is 11.3 Å². The van der Waals surface area contributed by atoms with Crippen LogP contribution in [0.15, 0.2) is 29.2 Å². The number of ether oxygens (including phenoxy) is 1. The number of aliphatic hydroxyl groups is 2. The van der Waals surface area contributed by atoms with Gasteiger partial charge in [-0.1, -0.05) is 6.07 Å². The molecular formula is C23H27FN4O4. The first-order valence-corrected chi connectivity index (χ1v) is 10.7. The normalized spacial score (nSPS) is 19.0. The van der Waals surface area contributed by atoms with Crippen molar-refractivity contribution in [1.29, 1.82) is 0 Å². The molecule has 2 aromatic heterocycles. The number of hydrogen-bond acceptors (Lipinski definition) is 7. The molecule has 2 atom stereocenters. The van der Waals surface area contributed by atoms with Gasteiger partial charge < -0.3 is 24.8 Å². The van der Waals surface area contributed by atoms with Crippen LogP contribution in [0, 0.1) is 12.7 Å². The fourth-order valence-electron chi connectivity index (χ4n) is 4.21. The van der Waals surface area contributed by atoms with Crippen LogP contribution in [0.5, 0.6) is 0 Å². The second-order valence-electron chi connectivity index (χ2n) is 8.33. The number of nitrogens with one attached hydrogen (secondary N) is 1. The van der Waals surface area contributed by atoms with Crippen LogP contribution >= 0.6 is 0 Å². The van der Waals surface area contributed by atoms with E-state index in [0.29, 0.717) is 40.8 Å². The Balaban J connectivity index is 1.82.